The van der Waals surface area contributed by atoms with Crippen molar-refractivity contribution in [2.75, 3.05) is 13.1 Å². The molecule has 4 heteroatoms. The van der Waals surface area contributed by atoms with Crippen LogP contribution >= 0.6 is 11.3 Å². The molecule has 1 saturated heterocycles. The van der Waals surface area contributed by atoms with Crippen LogP contribution in [0.15, 0.2) is 6.07 Å². The molecule has 1 fully saturated rings. The third-order valence-electron chi connectivity index (χ3n) is 4.48. The van der Waals surface area contributed by atoms with Crippen LogP contribution in [0.2, 0.25) is 0 Å². The number of thiophene rings is 1. The number of carboxylic acid groups (broad SMARTS) is 1. The molecule has 1 aromatic rings. The average Bonchev–Trinajstić information content (AvgIpc) is 2.69. The van der Waals surface area contributed by atoms with Crippen molar-refractivity contribution in [2.45, 2.75) is 46.6 Å². The summed E-state index contributed by atoms with van der Waals surface area (Å²) in [7, 11) is 0. The monoisotopic (exact) mass is 281 g/mol. The van der Waals surface area contributed by atoms with Crippen LogP contribution in [0.1, 0.15) is 41.5 Å². The minimum absolute atomic E-state index is 0.476. The second-order valence-electron chi connectivity index (χ2n) is 5.65. The van der Waals surface area contributed by atoms with Gasteiger partial charge in [0.15, 0.2) is 0 Å². The molecule has 0 bridgehead atoms. The second-order valence-corrected chi connectivity index (χ2v) is 7.11. The van der Waals surface area contributed by atoms with Crippen molar-refractivity contribution in [3.05, 3.63) is 21.4 Å². The molecule has 2 heterocycles. The van der Waals surface area contributed by atoms with E-state index < -0.39 is 11.4 Å². The summed E-state index contributed by atoms with van der Waals surface area (Å²) in [4.78, 5) is 16.6. The molecule has 1 aromatic heterocycles. The Labute approximate surface area is 119 Å². The first kappa shape index (κ1) is 14.5. The van der Waals surface area contributed by atoms with Gasteiger partial charge >= 0.3 is 5.97 Å². The highest BCUT2D eigenvalue weighted by Gasteiger charge is 2.39. The Balaban J connectivity index is 1.97. The van der Waals surface area contributed by atoms with Gasteiger partial charge in [-0.2, -0.15) is 0 Å². The van der Waals surface area contributed by atoms with Crippen LogP contribution in [0, 0.1) is 19.3 Å². The first-order valence-electron chi connectivity index (χ1n) is 6.98. The second kappa shape index (κ2) is 5.63. The number of carbonyl (C=O) groups is 1. The number of likely N-dealkylation sites (tertiary alicyclic amines) is 1. The molecule has 1 N–H and O–H groups in total. The van der Waals surface area contributed by atoms with Gasteiger partial charge < -0.3 is 5.11 Å². The molecule has 1 aliphatic heterocycles. The minimum Gasteiger partial charge on any atom is -0.481 e. The van der Waals surface area contributed by atoms with Gasteiger partial charge in [0.2, 0.25) is 0 Å². The fourth-order valence-electron chi connectivity index (χ4n) is 2.94. The van der Waals surface area contributed by atoms with E-state index in [9.17, 15) is 9.90 Å². The highest BCUT2D eigenvalue weighted by atomic mass is 32.1. The van der Waals surface area contributed by atoms with Gasteiger partial charge in [-0.3, -0.25) is 9.69 Å². The number of rotatable bonds is 4. The van der Waals surface area contributed by atoms with Crippen LogP contribution in [0.4, 0.5) is 0 Å². The lowest BCUT2D eigenvalue weighted by Crippen LogP contribution is -2.43. The number of nitrogens with zero attached hydrogens (tertiary/aromatic N) is 1. The Morgan fingerprint density at radius 2 is 2.05 bits per heavy atom. The molecule has 2 rings (SSSR count). The van der Waals surface area contributed by atoms with Crippen LogP contribution in [0.3, 0.4) is 0 Å². The molecular weight excluding hydrogens is 258 g/mol. The van der Waals surface area contributed by atoms with E-state index in [1.54, 1.807) is 0 Å². The Morgan fingerprint density at radius 1 is 1.42 bits per heavy atom. The first-order valence-corrected chi connectivity index (χ1v) is 7.80. The average molecular weight is 281 g/mol. The van der Waals surface area contributed by atoms with E-state index in [-0.39, 0.29) is 0 Å². The lowest BCUT2D eigenvalue weighted by atomic mass is 9.76. The van der Waals surface area contributed by atoms with E-state index in [0.717, 1.165) is 38.9 Å². The van der Waals surface area contributed by atoms with Crippen LogP contribution in [-0.2, 0) is 11.3 Å². The fourth-order valence-corrected chi connectivity index (χ4v) is 3.88. The van der Waals surface area contributed by atoms with Crippen LogP contribution < -0.4 is 0 Å². The molecule has 3 nitrogen and oxygen atoms in total. The van der Waals surface area contributed by atoms with Gasteiger partial charge in [-0.1, -0.05) is 6.92 Å². The maximum atomic E-state index is 11.4. The number of hydrogen-bond donors (Lipinski definition) is 1. The van der Waals surface area contributed by atoms with Gasteiger partial charge in [0.25, 0.3) is 0 Å². The molecular formula is C15H23NO2S. The van der Waals surface area contributed by atoms with Gasteiger partial charge in [-0.05, 0) is 57.8 Å². The summed E-state index contributed by atoms with van der Waals surface area (Å²) < 4.78 is 0. The maximum Gasteiger partial charge on any atom is 0.309 e. The van der Waals surface area contributed by atoms with Crippen molar-refractivity contribution in [3.8, 4) is 0 Å². The topological polar surface area (TPSA) is 40.5 Å². The van der Waals surface area contributed by atoms with Crippen LogP contribution in [-0.4, -0.2) is 29.1 Å². The van der Waals surface area contributed by atoms with E-state index in [0.29, 0.717) is 0 Å². The fraction of sp³-hybridized carbons (Fsp3) is 0.667. The van der Waals surface area contributed by atoms with E-state index in [1.165, 1.54) is 15.3 Å². The SMILES string of the molecule is CCC1(C(=O)O)CCN(Cc2cc(C)sc2C)CC1. The molecule has 0 aliphatic carbocycles. The zero-order valence-corrected chi connectivity index (χ0v) is 12.8. The van der Waals surface area contributed by atoms with Crippen molar-refractivity contribution < 1.29 is 9.90 Å². The summed E-state index contributed by atoms with van der Waals surface area (Å²) in [5, 5.41) is 9.40. The smallest absolute Gasteiger partial charge is 0.309 e. The van der Waals surface area contributed by atoms with Crippen molar-refractivity contribution in [1.29, 1.82) is 0 Å². The standard InChI is InChI=1S/C15H23NO2S/c1-4-15(14(17)18)5-7-16(8-6-15)10-13-9-11(2)19-12(13)3/h9H,4-8,10H2,1-3H3,(H,17,18). The highest BCUT2D eigenvalue weighted by molar-refractivity contribution is 7.12. The van der Waals surface area contributed by atoms with Crippen molar-refractivity contribution in [1.82, 2.24) is 4.90 Å². The summed E-state index contributed by atoms with van der Waals surface area (Å²) in [6.45, 7) is 9.07. The summed E-state index contributed by atoms with van der Waals surface area (Å²) in [5.41, 5.74) is 0.928. The van der Waals surface area contributed by atoms with Gasteiger partial charge in [0, 0.05) is 16.3 Å². The molecule has 0 unspecified atom stereocenters. The maximum absolute atomic E-state index is 11.4. The van der Waals surface area contributed by atoms with Crippen molar-refractivity contribution in [3.63, 3.8) is 0 Å². The highest BCUT2D eigenvalue weighted by Crippen LogP contribution is 2.36. The number of aliphatic carboxylic acids is 1. The third kappa shape index (κ3) is 3.00. The van der Waals surface area contributed by atoms with E-state index in [1.807, 2.05) is 18.3 Å². The lowest BCUT2D eigenvalue weighted by Gasteiger charge is -2.38. The van der Waals surface area contributed by atoms with Crippen molar-refractivity contribution >= 4 is 17.3 Å². The molecule has 106 valence electrons. The molecule has 0 aromatic carbocycles. The molecule has 1 aliphatic rings. The summed E-state index contributed by atoms with van der Waals surface area (Å²) in [6, 6.07) is 2.26. The Morgan fingerprint density at radius 3 is 2.47 bits per heavy atom. The number of carboxylic acids is 1. The largest absolute Gasteiger partial charge is 0.481 e. The van der Waals surface area contributed by atoms with Crippen LogP contribution in [0.5, 0.6) is 0 Å². The quantitative estimate of drug-likeness (QED) is 0.919. The van der Waals surface area contributed by atoms with Gasteiger partial charge in [-0.15, -0.1) is 11.3 Å². The van der Waals surface area contributed by atoms with E-state index in [2.05, 4.69) is 24.8 Å². The molecule has 0 radical (unpaired) electrons. The predicted octanol–water partition coefficient (Wildman–Crippen LogP) is 3.44. The molecule has 0 atom stereocenters. The summed E-state index contributed by atoms with van der Waals surface area (Å²) in [6.07, 6.45) is 2.30. The normalized spacial score (nSPS) is 19.5. The molecule has 0 amide bonds. The number of piperidine rings is 1. The van der Waals surface area contributed by atoms with E-state index in [4.69, 9.17) is 0 Å². The number of hydrogen-bond acceptors (Lipinski definition) is 3. The summed E-state index contributed by atoms with van der Waals surface area (Å²) >= 11 is 1.85. The Bertz CT molecular complexity index is 459. The van der Waals surface area contributed by atoms with E-state index >= 15 is 0 Å². The van der Waals surface area contributed by atoms with Gasteiger partial charge in [0.1, 0.15) is 0 Å². The lowest BCUT2D eigenvalue weighted by molar-refractivity contribution is -0.152. The van der Waals surface area contributed by atoms with Crippen molar-refractivity contribution in [2.24, 2.45) is 5.41 Å². The van der Waals surface area contributed by atoms with Crippen LogP contribution in [0.25, 0.3) is 0 Å². The third-order valence-corrected chi connectivity index (χ3v) is 5.49. The Kier molecular flexibility index (Phi) is 4.31. The summed E-state index contributed by atoms with van der Waals surface area (Å²) in [5.74, 6) is -0.614. The molecule has 0 spiro atoms. The van der Waals surface area contributed by atoms with Gasteiger partial charge in [0.05, 0.1) is 5.41 Å². The first-order chi connectivity index (χ1) is 8.97. The zero-order valence-electron chi connectivity index (χ0n) is 12.0. The minimum atomic E-state index is -0.614. The molecule has 0 saturated carbocycles. The van der Waals surface area contributed by atoms with Gasteiger partial charge in [-0.25, -0.2) is 0 Å². The predicted molar refractivity (Wildman–Crippen MR) is 78.7 cm³/mol. The Hall–Kier alpha value is -0.870. The number of aryl methyl sites for hydroxylation is 2. The zero-order chi connectivity index (χ0) is 14.0. The molecule has 19 heavy (non-hydrogen) atoms.